The van der Waals surface area contributed by atoms with Gasteiger partial charge in [0.1, 0.15) is 11.4 Å². The molecule has 8 heteroatoms. The van der Waals surface area contributed by atoms with Gasteiger partial charge in [0, 0.05) is 36.4 Å². The van der Waals surface area contributed by atoms with Crippen LogP contribution in [0.5, 0.6) is 0 Å². The predicted molar refractivity (Wildman–Crippen MR) is 72.7 cm³/mol. The minimum absolute atomic E-state index is 0.0538. The zero-order valence-electron chi connectivity index (χ0n) is 10.3. The minimum atomic E-state index is -0.613. The van der Waals surface area contributed by atoms with E-state index in [2.05, 4.69) is 15.3 Å². The number of aromatic amines is 1. The van der Waals surface area contributed by atoms with Crippen molar-refractivity contribution in [3.05, 3.63) is 57.1 Å². The first-order valence-electron chi connectivity index (χ1n) is 5.78. The smallest absolute Gasteiger partial charge is 0.282 e. The van der Waals surface area contributed by atoms with E-state index in [1.165, 1.54) is 18.2 Å². The van der Waals surface area contributed by atoms with Crippen LogP contribution in [0, 0.1) is 10.1 Å². The van der Waals surface area contributed by atoms with Gasteiger partial charge < -0.3 is 10.3 Å². The number of nitro benzene ring substituents is 1. The van der Waals surface area contributed by atoms with Crippen LogP contribution in [0.15, 0.2) is 30.6 Å². The number of nitro groups is 1. The molecule has 7 nitrogen and oxygen atoms in total. The van der Waals surface area contributed by atoms with Gasteiger partial charge in [-0.25, -0.2) is 4.98 Å². The molecule has 1 aromatic heterocycles. The molecule has 2 N–H and O–H groups in total. The van der Waals surface area contributed by atoms with Gasteiger partial charge in [-0.05, 0) is 12.1 Å². The Morgan fingerprint density at radius 2 is 2.30 bits per heavy atom. The summed E-state index contributed by atoms with van der Waals surface area (Å²) in [6, 6.07) is 3.87. The second-order valence-corrected chi connectivity index (χ2v) is 4.40. The fourth-order valence-corrected chi connectivity index (χ4v) is 1.85. The van der Waals surface area contributed by atoms with E-state index in [9.17, 15) is 14.9 Å². The summed E-state index contributed by atoms with van der Waals surface area (Å²) in [7, 11) is 0. The predicted octanol–water partition coefficient (Wildman–Crippen LogP) is 1.94. The van der Waals surface area contributed by atoms with Crippen LogP contribution in [0.4, 0.5) is 5.69 Å². The Labute approximate surface area is 119 Å². The normalized spacial score (nSPS) is 10.2. The van der Waals surface area contributed by atoms with Gasteiger partial charge >= 0.3 is 0 Å². The first-order chi connectivity index (χ1) is 9.58. The lowest BCUT2D eigenvalue weighted by molar-refractivity contribution is -0.385. The lowest BCUT2D eigenvalue weighted by Gasteiger charge is -2.05. The first-order valence-corrected chi connectivity index (χ1v) is 6.16. The molecule has 0 radical (unpaired) electrons. The Morgan fingerprint density at radius 1 is 1.50 bits per heavy atom. The topological polar surface area (TPSA) is 101 Å². The van der Waals surface area contributed by atoms with Crippen molar-refractivity contribution in [3.63, 3.8) is 0 Å². The van der Waals surface area contributed by atoms with Crippen molar-refractivity contribution in [2.45, 2.75) is 6.42 Å². The minimum Gasteiger partial charge on any atom is -0.351 e. The number of nitrogens with zero attached hydrogens (tertiary/aromatic N) is 2. The summed E-state index contributed by atoms with van der Waals surface area (Å²) < 4.78 is 0. The monoisotopic (exact) mass is 294 g/mol. The highest BCUT2D eigenvalue weighted by Crippen LogP contribution is 2.22. The summed E-state index contributed by atoms with van der Waals surface area (Å²) in [6.45, 7) is 0.315. The molecule has 2 rings (SSSR count). The average Bonchev–Trinajstić information content (AvgIpc) is 2.91. The van der Waals surface area contributed by atoms with Crippen LogP contribution < -0.4 is 5.32 Å². The Balaban J connectivity index is 2.05. The summed E-state index contributed by atoms with van der Waals surface area (Å²) >= 11 is 5.76. The Bertz CT molecular complexity index is 628. The van der Waals surface area contributed by atoms with Crippen LogP contribution in [0.3, 0.4) is 0 Å². The summed E-state index contributed by atoms with van der Waals surface area (Å²) in [4.78, 5) is 29.1. The van der Waals surface area contributed by atoms with Crippen molar-refractivity contribution in [1.29, 1.82) is 0 Å². The van der Waals surface area contributed by atoms with Crippen molar-refractivity contribution in [2.24, 2.45) is 0 Å². The number of rotatable bonds is 5. The molecule has 0 aliphatic carbocycles. The number of benzene rings is 1. The van der Waals surface area contributed by atoms with E-state index >= 15 is 0 Å². The molecular weight excluding hydrogens is 284 g/mol. The zero-order valence-corrected chi connectivity index (χ0v) is 11.1. The SMILES string of the molecule is O=C(NCCc1ncc[nH]1)c1cc(Cl)ccc1[N+](=O)[O-]. The number of hydrogen-bond acceptors (Lipinski definition) is 4. The highest BCUT2D eigenvalue weighted by atomic mass is 35.5. The maximum Gasteiger partial charge on any atom is 0.282 e. The van der Waals surface area contributed by atoms with E-state index in [-0.39, 0.29) is 16.3 Å². The number of amides is 1. The van der Waals surface area contributed by atoms with Crippen LogP contribution in [0.2, 0.25) is 5.02 Å². The molecule has 0 saturated carbocycles. The summed E-state index contributed by atoms with van der Waals surface area (Å²) in [5, 5.41) is 13.7. The molecular formula is C12H11ClN4O3. The standard InChI is InChI=1S/C12H11ClN4O3/c13-8-1-2-10(17(19)20)9(7-8)12(18)16-4-3-11-14-5-6-15-11/h1-2,5-7H,3-4H2,(H,14,15)(H,16,18). The molecule has 0 aliphatic rings. The molecule has 0 aliphatic heterocycles. The average molecular weight is 295 g/mol. The molecule has 0 spiro atoms. The third kappa shape index (κ3) is 3.33. The Hall–Kier alpha value is -2.41. The number of aromatic nitrogens is 2. The molecule has 20 heavy (non-hydrogen) atoms. The largest absolute Gasteiger partial charge is 0.351 e. The number of imidazole rings is 1. The van der Waals surface area contributed by atoms with Gasteiger partial charge in [-0.1, -0.05) is 11.6 Å². The Kier molecular flexibility index (Phi) is 4.31. The number of halogens is 1. The maximum absolute atomic E-state index is 11.9. The van der Waals surface area contributed by atoms with Gasteiger partial charge in [0.2, 0.25) is 0 Å². The van der Waals surface area contributed by atoms with Gasteiger partial charge in [0.15, 0.2) is 0 Å². The first kappa shape index (κ1) is 14.0. The van der Waals surface area contributed by atoms with Gasteiger partial charge in [-0.2, -0.15) is 0 Å². The van der Waals surface area contributed by atoms with E-state index < -0.39 is 10.8 Å². The number of carbonyl (C=O) groups excluding carboxylic acids is 1. The van der Waals surface area contributed by atoms with Crippen molar-refractivity contribution in [3.8, 4) is 0 Å². The van der Waals surface area contributed by atoms with E-state index in [1.54, 1.807) is 12.4 Å². The van der Waals surface area contributed by atoms with E-state index in [4.69, 9.17) is 11.6 Å². The maximum atomic E-state index is 11.9. The van der Waals surface area contributed by atoms with E-state index in [1.807, 2.05) is 0 Å². The molecule has 1 aromatic carbocycles. The molecule has 1 amide bonds. The number of hydrogen-bond donors (Lipinski definition) is 2. The zero-order chi connectivity index (χ0) is 14.5. The van der Waals surface area contributed by atoms with Crippen LogP contribution >= 0.6 is 11.6 Å². The highest BCUT2D eigenvalue weighted by molar-refractivity contribution is 6.31. The van der Waals surface area contributed by atoms with Crippen molar-refractivity contribution >= 4 is 23.2 Å². The van der Waals surface area contributed by atoms with E-state index in [0.717, 1.165) is 5.82 Å². The van der Waals surface area contributed by atoms with Crippen LogP contribution in [-0.4, -0.2) is 27.3 Å². The van der Waals surface area contributed by atoms with Gasteiger partial charge in [0.25, 0.3) is 11.6 Å². The van der Waals surface area contributed by atoms with Crippen LogP contribution in [-0.2, 0) is 6.42 Å². The number of H-pyrrole nitrogens is 1. The second kappa shape index (κ2) is 6.16. The summed E-state index contributed by atoms with van der Waals surface area (Å²) in [5.74, 6) is 0.191. The third-order valence-corrected chi connectivity index (χ3v) is 2.84. The third-order valence-electron chi connectivity index (χ3n) is 2.60. The number of nitrogens with one attached hydrogen (secondary N) is 2. The van der Waals surface area contributed by atoms with Gasteiger partial charge in [0.05, 0.1) is 4.92 Å². The molecule has 0 atom stereocenters. The van der Waals surface area contributed by atoms with Crippen LogP contribution in [0.25, 0.3) is 0 Å². The molecule has 104 valence electrons. The van der Waals surface area contributed by atoms with Crippen molar-refractivity contribution in [1.82, 2.24) is 15.3 Å². The molecule has 2 aromatic rings. The quantitative estimate of drug-likeness (QED) is 0.650. The summed E-state index contributed by atoms with van der Waals surface area (Å²) in [5.41, 5.74) is -0.327. The fourth-order valence-electron chi connectivity index (χ4n) is 1.67. The van der Waals surface area contributed by atoms with Crippen molar-refractivity contribution < 1.29 is 9.72 Å². The molecule has 0 unspecified atom stereocenters. The van der Waals surface area contributed by atoms with Crippen molar-refractivity contribution in [2.75, 3.05) is 6.54 Å². The highest BCUT2D eigenvalue weighted by Gasteiger charge is 2.20. The van der Waals surface area contributed by atoms with E-state index in [0.29, 0.717) is 13.0 Å². The van der Waals surface area contributed by atoms with Gasteiger partial charge in [-0.3, -0.25) is 14.9 Å². The molecule has 1 heterocycles. The van der Waals surface area contributed by atoms with Crippen LogP contribution in [0.1, 0.15) is 16.2 Å². The fraction of sp³-hybridized carbons (Fsp3) is 0.167. The molecule has 0 fully saturated rings. The van der Waals surface area contributed by atoms with Gasteiger partial charge in [-0.15, -0.1) is 0 Å². The molecule has 0 bridgehead atoms. The number of carbonyl (C=O) groups is 1. The Morgan fingerprint density at radius 3 is 2.95 bits per heavy atom. The second-order valence-electron chi connectivity index (χ2n) is 3.96. The lowest BCUT2D eigenvalue weighted by atomic mass is 10.1. The molecule has 0 saturated heterocycles. The lowest BCUT2D eigenvalue weighted by Crippen LogP contribution is -2.26. The summed E-state index contributed by atoms with van der Waals surface area (Å²) in [6.07, 6.45) is 3.80.